The largest absolute Gasteiger partial charge is 0.497 e. The fraction of sp³-hybridized carbons (Fsp3) is 0.125. The van der Waals surface area contributed by atoms with Gasteiger partial charge < -0.3 is 4.74 Å². The summed E-state index contributed by atoms with van der Waals surface area (Å²) in [4.78, 5) is 10.8. The smallest absolute Gasteiger partial charge is 0.253 e. The Morgan fingerprint density at radius 2 is 2.25 bits per heavy atom. The Hall–Kier alpha value is -0.540. The van der Waals surface area contributed by atoms with Crippen LogP contribution in [-0.4, -0.2) is 12.4 Å². The quantitative estimate of drug-likeness (QED) is 0.754. The highest BCUT2D eigenvalue weighted by atomic mass is 79.9. The summed E-state index contributed by atoms with van der Waals surface area (Å²) in [5.74, 6) is 0.684. The maximum Gasteiger partial charge on any atom is 0.253 e. The summed E-state index contributed by atoms with van der Waals surface area (Å²) in [6.07, 6.45) is 0. The molecular weight excluding hydrogens is 243 g/mol. The first kappa shape index (κ1) is 9.55. The standard InChI is InChI=1S/C8H6BrClO2/c1-12-5-2-3-6(8(10)11)7(9)4-5/h2-4H,1H3. The molecule has 0 spiro atoms. The van der Waals surface area contributed by atoms with E-state index in [0.717, 1.165) is 0 Å². The first-order chi connectivity index (χ1) is 5.65. The van der Waals surface area contributed by atoms with Crippen molar-refractivity contribution in [2.24, 2.45) is 0 Å². The fourth-order valence-corrected chi connectivity index (χ4v) is 1.60. The number of hydrogen-bond acceptors (Lipinski definition) is 2. The summed E-state index contributed by atoms with van der Waals surface area (Å²) in [7, 11) is 1.56. The molecule has 64 valence electrons. The highest BCUT2D eigenvalue weighted by Crippen LogP contribution is 2.23. The van der Waals surface area contributed by atoms with E-state index in [1.807, 2.05) is 0 Å². The molecule has 0 aliphatic carbocycles. The Kier molecular flexibility index (Phi) is 3.12. The Bertz CT molecular complexity index is 312. The van der Waals surface area contributed by atoms with Crippen LogP contribution >= 0.6 is 27.5 Å². The molecule has 0 N–H and O–H groups in total. The first-order valence-corrected chi connectivity index (χ1v) is 4.35. The van der Waals surface area contributed by atoms with E-state index in [2.05, 4.69) is 15.9 Å². The molecule has 2 nitrogen and oxygen atoms in total. The van der Waals surface area contributed by atoms with Gasteiger partial charge in [0, 0.05) is 10.0 Å². The number of halogens is 2. The molecule has 0 amide bonds. The van der Waals surface area contributed by atoms with E-state index in [0.29, 0.717) is 15.8 Å². The maximum absolute atomic E-state index is 10.8. The minimum atomic E-state index is -0.482. The zero-order valence-corrected chi connectivity index (χ0v) is 8.65. The molecule has 0 heterocycles. The molecular formula is C8H6BrClO2. The van der Waals surface area contributed by atoms with Crippen molar-refractivity contribution in [1.29, 1.82) is 0 Å². The normalized spacial score (nSPS) is 9.58. The van der Waals surface area contributed by atoms with E-state index >= 15 is 0 Å². The number of carbonyl (C=O) groups is 1. The third kappa shape index (κ3) is 1.99. The Balaban J connectivity index is 3.12. The summed E-state index contributed by atoms with van der Waals surface area (Å²) in [5, 5.41) is -0.482. The number of benzene rings is 1. The van der Waals surface area contributed by atoms with Gasteiger partial charge in [-0.1, -0.05) is 0 Å². The number of hydrogen-bond donors (Lipinski definition) is 0. The molecule has 0 atom stereocenters. The number of carbonyl (C=O) groups excluding carboxylic acids is 1. The average Bonchev–Trinajstić information content (AvgIpc) is 2.03. The molecule has 0 saturated heterocycles. The molecule has 0 aliphatic rings. The van der Waals surface area contributed by atoms with Crippen LogP contribution in [-0.2, 0) is 0 Å². The lowest BCUT2D eigenvalue weighted by atomic mass is 10.2. The van der Waals surface area contributed by atoms with Crippen LogP contribution in [0.15, 0.2) is 22.7 Å². The van der Waals surface area contributed by atoms with Crippen molar-refractivity contribution in [2.75, 3.05) is 7.11 Å². The fourth-order valence-electron chi connectivity index (χ4n) is 0.782. The molecule has 0 unspecified atom stereocenters. The van der Waals surface area contributed by atoms with Gasteiger partial charge in [0.1, 0.15) is 5.75 Å². The molecule has 1 aromatic carbocycles. The molecule has 0 saturated carbocycles. The Morgan fingerprint density at radius 3 is 2.67 bits per heavy atom. The van der Waals surface area contributed by atoms with Crippen LogP contribution < -0.4 is 4.74 Å². The van der Waals surface area contributed by atoms with Crippen LogP contribution in [0, 0.1) is 0 Å². The zero-order chi connectivity index (χ0) is 9.14. The highest BCUT2D eigenvalue weighted by molar-refractivity contribution is 9.10. The Labute approximate surface area is 83.6 Å². The molecule has 1 aromatic rings. The van der Waals surface area contributed by atoms with Crippen molar-refractivity contribution in [3.05, 3.63) is 28.2 Å². The lowest BCUT2D eigenvalue weighted by Crippen LogP contribution is -1.91. The van der Waals surface area contributed by atoms with Crippen molar-refractivity contribution in [2.45, 2.75) is 0 Å². The van der Waals surface area contributed by atoms with Gasteiger partial charge in [-0.2, -0.15) is 0 Å². The van der Waals surface area contributed by atoms with Gasteiger partial charge in [-0.25, -0.2) is 0 Å². The van der Waals surface area contributed by atoms with Crippen molar-refractivity contribution in [3.63, 3.8) is 0 Å². The molecule has 0 radical (unpaired) electrons. The van der Waals surface area contributed by atoms with Crippen molar-refractivity contribution in [1.82, 2.24) is 0 Å². The first-order valence-electron chi connectivity index (χ1n) is 3.18. The van der Waals surface area contributed by atoms with Gasteiger partial charge in [-0.3, -0.25) is 4.79 Å². The molecule has 0 bridgehead atoms. The molecule has 0 aromatic heterocycles. The van der Waals surface area contributed by atoms with E-state index in [9.17, 15) is 4.79 Å². The van der Waals surface area contributed by atoms with Crippen LogP contribution in [0.1, 0.15) is 10.4 Å². The van der Waals surface area contributed by atoms with E-state index in [-0.39, 0.29) is 0 Å². The lowest BCUT2D eigenvalue weighted by molar-refractivity contribution is 0.108. The maximum atomic E-state index is 10.8. The van der Waals surface area contributed by atoms with E-state index < -0.39 is 5.24 Å². The predicted octanol–water partition coefficient (Wildman–Crippen LogP) is 2.84. The second kappa shape index (κ2) is 3.92. The van der Waals surface area contributed by atoms with Crippen LogP contribution in [0.5, 0.6) is 5.75 Å². The summed E-state index contributed by atoms with van der Waals surface area (Å²) in [6.45, 7) is 0. The monoisotopic (exact) mass is 248 g/mol. The SMILES string of the molecule is COc1ccc(C(=O)Cl)c(Br)c1. The second-order valence-electron chi connectivity index (χ2n) is 2.12. The Morgan fingerprint density at radius 1 is 1.58 bits per heavy atom. The van der Waals surface area contributed by atoms with Crippen molar-refractivity contribution in [3.8, 4) is 5.75 Å². The van der Waals surface area contributed by atoms with E-state index in [1.54, 1.807) is 25.3 Å². The third-order valence-electron chi connectivity index (χ3n) is 1.39. The van der Waals surface area contributed by atoms with Gasteiger partial charge >= 0.3 is 0 Å². The van der Waals surface area contributed by atoms with Gasteiger partial charge in [0.25, 0.3) is 5.24 Å². The summed E-state index contributed by atoms with van der Waals surface area (Å²) in [6, 6.07) is 4.98. The molecule has 12 heavy (non-hydrogen) atoms. The van der Waals surface area contributed by atoms with Crippen LogP contribution in [0.3, 0.4) is 0 Å². The van der Waals surface area contributed by atoms with E-state index in [1.165, 1.54) is 0 Å². The predicted molar refractivity (Wildman–Crippen MR) is 50.9 cm³/mol. The van der Waals surface area contributed by atoms with E-state index in [4.69, 9.17) is 16.3 Å². The van der Waals surface area contributed by atoms with Gasteiger partial charge in [0.15, 0.2) is 0 Å². The summed E-state index contributed by atoms with van der Waals surface area (Å²) >= 11 is 8.50. The number of methoxy groups -OCH3 is 1. The molecule has 4 heteroatoms. The number of ether oxygens (including phenoxy) is 1. The minimum absolute atomic E-state index is 0.442. The minimum Gasteiger partial charge on any atom is -0.497 e. The molecule has 0 aliphatic heterocycles. The van der Waals surface area contributed by atoms with Gasteiger partial charge in [-0.05, 0) is 45.7 Å². The van der Waals surface area contributed by atoms with Crippen LogP contribution in [0.4, 0.5) is 0 Å². The topological polar surface area (TPSA) is 26.3 Å². The summed E-state index contributed by atoms with van der Waals surface area (Å²) in [5.41, 5.74) is 0.442. The second-order valence-corrected chi connectivity index (χ2v) is 3.32. The van der Waals surface area contributed by atoms with Gasteiger partial charge in [0.2, 0.25) is 0 Å². The van der Waals surface area contributed by atoms with Crippen molar-refractivity contribution < 1.29 is 9.53 Å². The van der Waals surface area contributed by atoms with Gasteiger partial charge in [0.05, 0.1) is 7.11 Å². The van der Waals surface area contributed by atoms with Crippen molar-refractivity contribution >= 4 is 32.8 Å². The lowest BCUT2D eigenvalue weighted by Gasteiger charge is -2.02. The van der Waals surface area contributed by atoms with Gasteiger partial charge in [-0.15, -0.1) is 0 Å². The van der Waals surface area contributed by atoms with Crippen LogP contribution in [0.25, 0.3) is 0 Å². The third-order valence-corrected chi connectivity index (χ3v) is 2.25. The molecule has 1 rings (SSSR count). The van der Waals surface area contributed by atoms with Crippen LogP contribution in [0.2, 0.25) is 0 Å². The summed E-state index contributed by atoms with van der Waals surface area (Å²) < 4.78 is 5.59. The molecule has 0 fully saturated rings. The highest BCUT2D eigenvalue weighted by Gasteiger charge is 2.07. The average molecular weight is 249 g/mol. The zero-order valence-electron chi connectivity index (χ0n) is 6.30. The number of rotatable bonds is 2.